The number of fused-ring (bicyclic) bond motifs is 1. The lowest BCUT2D eigenvalue weighted by Gasteiger charge is -2.09. The number of nitrogens with zero attached hydrogens (tertiary/aromatic N) is 2. The number of carbonyl (C=O) groups is 2. The van der Waals surface area contributed by atoms with E-state index in [1.807, 2.05) is 54.3 Å². The molecule has 1 aromatic heterocycles. The first kappa shape index (κ1) is 13.5. The molecule has 0 saturated carbocycles. The van der Waals surface area contributed by atoms with Gasteiger partial charge in [-0.25, -0.2) is 4.79 Å². The van der Waals surface area contributed by atoms with Gasteiger partial charge < -0.3 is 5.32 Å². The number of imide groups is 1. The molecule has 2 N–H and O–H groups in total. The number of aromatic nitrogens is 2. The van der Waals surface area contributed by atoms with Gasteiger partial charge in [0.15, 0.2) is 0 Å². The molecule has 0 spiro atoms. The topological polar surface area (TPSA) is 76.0 Å². The minimum absolute atomic E-state index is 0.320. The molecule has 6 nitrogen and oxygen atoms in total. The van der Waals surface area contributed by atoms with E-state index in [0.29, 0.717) is 0 Å². The zero-order valence-corrected chi connectivity index (χ0v) is 12.4. The molecule has 1 atom stereocenters. The molecule has 1 fully saturated rings. The van der Waals surface area contributed by atoms with Gasteiger partial charge in [-0.2, -0.15) is 5.10 Å². The van der Waals surface area contributed by atoms with Crippen LogP contribution >= 0.6 is 0 Å². The summed E-state index contributed by atoms with van der Waals surface area (Å²) in [5.74, 6) is -0.320. The van der Waals surface area contributed by atoms with Crippen molar-refractivity contribution in [2.45, 2.75) is 6.04 Å². The Morgan fingerprint density at radius 1 is 1.04 bits per heavy atom. The summed E-state index contributed by atoms with van der Waals surface area (Å²) in [5, 5.41) is 10.2. The van der Waals surface area contributed by atoms with Crippen molar-refractivity contribution in [3.8, 4) is 11.1 Å². The summed E-state index contributed by atoms with van der Waals surface area (Å²) in [4.78, 5) is 22.9. The third-order valence-electron chi connectivity index (χ3n) is 4.10. The van der Waals surface area contributed by atoms with Crippen LogP contribution in [-0.2, 0) is 11.8 Å². The molecular weight excluding hydrogens is 292 g/mol. The SMILES string of the molecule is Cn1ncc2cc(-c3ccc([C@@H]4NC(=O)NC4=O)cc3)ccc21. The molecule has 3 amide bonds. The van der Waals surface area contributed by atoms with E-state index in [4.69, 9.17) is 0 Å². The van der Waals surface area contributed by atoms with E-state index < -0.39 is 12.1 Å². The van der Waals surface area contributed by atoms with Crippen LogP contribution in [0.5, 0.6) is 0 Å². The van der Waals surface area contributed by atoms with Gasteiger partial charge in [0.05, 0.1) is 11.7 Å². The maximum absolute atomic E-state index is 11.7. The fourth-order valence-corrected chi connectivity index (χ4v) is 2.86. The maximum Gasteiger partial charge on any atom is 0.322 e. The number of nitrogens with one attached hydrogen (secondary N) is 2. The Morgan fingerprint density at radius 3 is 2.48 bits per heavy atom. The molecule has 2 aromatic carbocycles. The van der Waals surface area contributed by atoms with E-state index in [1.54, 1.807) is 0 Å². The normalized spacial score (nSPS) is 17.3. The highest BCUT2D eigenvalue weighted by Crippen LogP contribution is 2.26. The molecule has 0 aliphatic carbocycles. The second-order valence-electron chi connectivity index (χ2n) is 5.56. The quantitative estimate of drug-likeness (QED) is 0.712. The van der Waals surface area contributed by atoms with E-state index in [-0.39, 0.29) is 5.91 Å². The lowest BCUT2D eigenvalue weighted by molar-refractivity contribution is -0.120. The van der Waals surface area contributed by atoms with Crippen LogP contribution in [0.2, 0.25) is 0 Å². The van der Waals surface area contributed by atoms with Crippen LogP contribution in [0.25, 0.3) is 22.0 Å². The summed E-state index contributed by atoms with van der Waals surface area (Å²) in [5.41, 5.74) is 3.97. The van der Waals surface area contributed by atoms with Gasteiger partial charge in [-0.05, 0) is 28.8 Å². The van der Waals surface area contributed by atoms with E-state index in [1.165, 1.54) is 0 Å². The molecule has 0 radical (unpaired) electrons. The zero-order chi connectivity index (χ0) is 16.0. The Labute approximate surface area is 132 Å². The number of aryl methyl sites for hydroxylation is 1. The lowest BCUT2D eigenvalue weighted by atomic mass is 10.00. The molecule has 4 rings (SSSR count). The number of urea groups is 1. The third kappa shape index (κ3) is 2.24. The first-order valence-corrected chi connectivity index (χ1v) is 7.25. The standard InChI is InChI=1S/C17H14N4O2/c1-21-14-7-6-12(8-13(14)9-18-21)10-2-4-11(5-3-10)15-16(22)20-17(23)19-15/h2-9,15H,1H3,(H2,19,20,22,23)/t15-/m0/s1. The Bertz CT molecular complexity index is 927. The average molecular weight is 306 g/mol. The van der Waals surface area contributed by atoms with Gasteiger partial charge in [-0.1, -0.05) is 30.3 Å². The van der Waals surface area contributed by atoms with Gasteiger partial charge in [0.1, 0.15) is 6.04 Å². The molecule has 3 aromatic rings. The van der Waals surface area contributed by atoms with Gasteiger partial charge >= 0.3 is 6.03 Å². The van der Waals surface area contributed by atoms with Crippen molar-refractivity contribution in [2.24, 2.45) is 7.05 Å². The number of benzene rings is 2. The number of hydrogen-bond donors (Lipinski definition) is 2. The molecule has 1 aliphatic rings. The van der Waals surface area contributed by atoms with Crippen molar-refractivity contribution in [1.29, 1.82) is 0 Å². The predicted molar refractivity (Wildman–Crippen MR) is 85.6 cm³/mol. The monoisotopic (exact) mass is 306 g/mol. The Morgan fingerprint density at radius 2 is 1.78 bits per heavy atom. The number of rotatable bonds is 2. The Kier molecular flexibility index (Phi) is 2.90. The summed E-state index contributed by atoms with van der Waals surface area (Å²) in [6, 6.07) is 12.7. The number of hydrogen-bond acceptors (Lipinski definition) is 3. The minimum Gasteiger partial charge on any atom is -0.322 e. The van der Waals surface area contributed by atoms with Gasteiger partial charge in [0.25, 0.3) is 5.91 Å². The molecule has 23 heavy (non-hydrogen) atoms. The van der Waals surface area contributed by atoms with Crippen LogP contribution in [0.4, 0.5) is 4.79 Å². The molecule has 6 heteroatoms. The molecule has 0 unspecified atom stereocenters. The first-order valence-electron chi connectivity index (χ1n) is 7.25. The molecular formula is C17H14N4O2. The minimum atomic E-state index is -0.614. The smallest absolute Gasteiger partial charge is 0.322 e. The largest absolute Gasteiger partial charge is 0.322 e. The second-order valence-corrected chi connectivity index (χ2v) is 5.56. The van der Waals surface area contributed by atoms with E-state index in [9.17, 15) is 9.59 Å². The highest BCUT2D eigenvalue weighted by atomic mass is 16.2. The zero-order valence-electron chi connectivity index (χ0n) is 12.4. The summed E-state index contributed by atoms with van der Waals surface area (Å²) in [6.07, 6.45) is 1.84. The fraction of sp³-hybridized carbons (Fsp3) is 0.118. The van der Waals surface area contributed by atoms with Crippen molar-refractivity contribution < 1.29 is 9.59 Å². The fourth-order valence-electron chi connectivity index (χ4n) is 2.86. The third-order valence-corrected chi connectivity index (χ3v) is 4.10. The number of amides is 3. The van der Waals surface area contributed by atoms with Crippen LogP contribution < -0.4 is 10.6 Å². The molecule has 0 bridgehead atoms. The van der Waals surface area contributed by atoms with Crippen LogP contribution in [0.1, 0.15) is 11.6 Å². The Balaban J connectivity index is 1.66. The number of carbonyl (C=O) groups excluding carboxylic acids is 2. The predicted octanol–water partition coefficient (Wildman–Crippen LogP) is 2.12. The van der Waals surface area contributed by atoms with Gasteiger partial charge in [0, 0.05) is 12.4 Å². The van der Waals surface area contributed by atoms with Crippen molar-refractivity contribution >= 4 is 22.8 Å². The molecule has 1 saturated heterocycles. The molecule has 2 heterocycles. The highest BCUT2D eigenvalue weighted by molar-refractivity contribution is 6.04. The van der Waals surface area contributed by atoms with Crippen LogP contribution in [-0.4, -0.2) is 21.7 Å². The van der Waals surface area contributed by atoms with Crippen molar-refractivity contribution in [1.82, 2.24) is 20.4 Å². The summed E-state index contributed by atoms with van der Waals surface area (Å²) in [7, 11) is 1.91. The van der Waals surface area contributed by atoms with Crippen LogP contribution in [0.15, 0.2) is 48.7 Å². The van der Waals surface area contributed by atoms with E-state index in [0.717, 1.165) is 27.6 Å². The van der Waals surface area contributed by atoms with Crippen molar-refractivity contribution in [3.05, 3.63) is 54.2 Å². The summed E-state index contributed by atoms with van der Waals surface area (Å²) < 4.78 is 1.84. The maximum atomic E-state index is 11.7. The average Bonchev–Trinajstić information content (AvgIpc) is 3.09. The Hall–Kier alpha value is -3.15. The summed E-state index contributed by atoms with van der Waals surface area (Å²) in [6.45, 7) is 0. The second kappa shape index (κ2) is 4.95. The molecule has 114 valence electrons. The van der Waals surface area contributed by atoms with Gasteiger partial charge in [0.2, 0.25) is 0 Å². The van der Waals surface area contributed by atoms with E-state index in [2.05, 4.69) is 21.8 Å². The van der Waals surface area contributed by atoms with Gasteiger partial charge in [-0.3, -0.25) is 14.8 Å². The van der Waals surface area contributed by atoms with E-state index >= 15 is 0 Å². The van der Waals surface area contributed by atoms with Crippen LogP contribution in [0, 0.1) is 0 Å². The highest BCUT2D eigenvalue weighted by Gasteiger charge is 2.30. The van der Waals surface area contributed by atoms with Crippen LogP contribution in [0.3, 0.4) is 0 Å². The molecule has 1 aliphatic heterocycles. The van der Waals surface area contributed by atoms with Gasteiger partial charge in [-0.15, -0.1) is 0 Å². The summed E-state index contributed by atoms with van der Waals surface area (Å²) >= 11 is 0. The first-order chi connectivity index (χ1) is 11.1. The van der Waals surface area contributed by atoms with Crippen molar-refractivity contribution in [2.75, 3.05) is 0 Å². The lowest BCUT2D eigenvalue weighted by Crippen LogP contribution is -2.22. The van der Waals surface area contributed by atoms with Crippen molar-refractivity contribution in [3.63, 3.8) is 0 Å².